The number of nitrogens with zero attached hydrogens (tertiary/aromatic N) is 1. The average Bonchev–Trinajstić information content (AvgIpc) is 3.01. The Balaban J connectivity index is 1.64. The van der Waals surface area contributed by atoms with Crippen molar-refractivity contribution in [2.45, 2.75) is 25.4 Å². The van der Waals surface area contributed by atoms with Gasteiger partial charge in [-0.2, -0.15) is 0 Å². The van der Waals surface area contributed by atoms with Crippen LogP contribution in [-0.2, 0) is 14.3 Å². The lowest BCUT2D eigenvalue weighted by Crippen LogP contribution is -2.39. The number of carboxylic acid groups (broad SMARTS) is 1. The lowest BCUT2D eigenvalue weighted by atomic mass is 9.83. The highest BCUT2D eigenvalue weighted by Crippen LogP contribution is 2.48. The van der Waals surface area contributed by atoms with Crippen molar-refractivity contribution in [3.63, 3.8) is 0 Å². The second kappa shape index (κ2) is 5.20. The number of carbonyl (C=O) groups excluding carboxylic acids is 1. The normalized spacial score (nSPS) is 37.2. The fourth-order valence-electron chi connectivity index (χ4n) is 3.83. The highest BCUT2D eigenvalue weighted by molar-refractivity contribution is 5.83. The molecule has 4 atom stereocenters. The summed E-state index contributed by atoms with van der Waals surface area (Å²) in [6.45, 7) is 1.86. The smallest absolute Gasteiger partial charge is 0.310 e. The van der Waals surface area contributed by atoms with Gasteiger partial charge < -0.3 is 14.7 Å². The van der Waals surface area contributed by atoms with Crippen molar-refractivity contribution >= 4 is 11.9 Å². The van der Waals surface area contributed by atoms with Gasteiger partial charge in [0.1, 0.15) is 6.10 Å². The van der Waals surface area contributed by atoms with E-state index in [9.17, 15) is 14.7 Å². The lowest BCUT2D eigenvalue weighted by molar-refractivity contribution is -0.164. The molecular weight excluding hydrogens is 258 g/mol. The first-order chi connectivity index (χ1) is 9.56. The van der Waals surface area contributed by atoms with Gasteiger partial charge in [-0.15, -0.1) is 0 Å². The maximum atomic E-state index is 12.4. The van der Waals surface area contributed by atoms with Crippen LogP contribution in [0.25, 0.3) is 0 Å². The van der Waals surface area contributed by atoms with Crippen molar-refractivity contribution in [3.8, 4) is 0 Å². The molecule has 4 unspecified atom stereocenters. The van der Waals surface area contributed by atoms with Crippen LogP contribution < -0.4 is 0 Å². The number of likely N-dealkylation sites (tertiary alicyclic amines) is 1. The van der Waals surface area contributed by atoms with Crippen molar-refractivity contribution < 1.29 is 19.4 Å². The van der Waals surface area contributed by atoms with Crippen molar-refractivity contribution in [2.75, 3.05) is 20.1 Å². The summed E-state index contributed by atoms with van der Waals surface area (Å²) in [5.74, 6) is -2.19. The second-order valence-electron chi connectivity index (χ2n) is 6.28. The fourth-order valence-corrected chi connectivity index (χ4v) is 3.83. The van der Waals surface area contributed by atoms with Gasteiger partial charge in [-0.05, 0) is 38.1 Å². The van der Waals surface area contributed by atoms with E-state index in [1.807, 2.05) is 12.2 Å². The molecular formula is C15H21NO4. The lowest BCUT2D eigenvalue weighted by Gasteiger charge is -2.31. The van der Waals surface area contributed by atoms with E-state index < -0.39 is 17.8 Å². The number of carboxylic acids is 1. The van der Waals surface area contributed by atoms with Crippen LogP contribution >= 0.6 is 0 Å². The maximum Gasteiger partial charge on any atom is 0.310 e. The molecule has 3 aliphatic rings. The number of hydrogen-bond acceptors (Lipinski definition) is 4. The van der Waals surface area contributed by atoms with E-state index in [-0.39, 0.29) is 23.9 Å². The number of rotatable bonds is 3. The van der Waals surface area contributed by atoms with Gasteiger partial charge in [0.25, 0.3) is 0 Å². The van der Waals surface area contributed by atoms with Gasteiger partial charge >= 0.3 is 11.9 Å². The van der Waals surface area contributed by atoms with Crippen molar-refractivity contribution in [2.24, 2.45) is 23.7 Å². The second-order valence-corrected chi connectivity index (χ2v) is 6.28. The Labute approximate surface area is 118 Å². The Bertz CT molecular complexity index is 439. The highest BCUT2D eigenvalue weighted by Gasteiger charge is 2.52. The van der Waals surface area contributed by atoms with Gasteiger partial charge in [-0.25, -0.2) is 0 Å². The number of allylic oxidation sites excluding steroid dienone is 2. The molecule has 1 aliphatic heterocycles. The standard InChI is InChI=1S/C15H21NO4/c1-16-6-4-11(5-7-16)20-15(19)13-10-3-2-9(8-10)12(13)14(17)18/h2-3,9-13H,4-8H2,1H3,(H,17,18). The Morgan fingerprint density at radius 1 is 1.15 bits per heavy atom. The van der Waals surface area contributed by atoms with Gasteiger partial charge in [-0.3, -0.25) is 9.59 Å². The van der Waals surface area contributed by atoms with Gasteiger partial charge in [0, 0.05) is 13.1 Å². The van der Waals surface area contributed by atoms with Crippen LogP contribution in [0.3, 0.4) is 0 Å². The zero-order chi connectivity index (χ0) is 14.3. The van der Waals surface area contributed by atoms with Gasteiger partial charge in [-0.1, -0.05) is 12.2 Å². The topological polar surface area (TPSA) is 66.8 Å². The molecule has 0 spiro atoms. The van der Waals surface area contributed by atoms with E-state index in [4.69, 9.17) is 4.74 Å². The number of aliphatic carboxylic acids is 1. The highest BCUT2D eigenvalue weighted by atomic mass is 16.5. The van der Waals surface area contributed by atoms with Crippen LogP contribution in [0.4, 0.5) is 0 Å². The number of fused-ring (bicyclic) bond motifs is 2. The van der Waals surface area contributed by atoms with Gasteiger partial charge in [0.15, 0.2) is 0 Å². The minimum atomic E-state index is -0.868. The van der Waals surface area contributed by atoms with Crippen LogP contribution in [0, 0.1) is 23.7 Å². The van der Waals surface area contributed by atoms with Crippen LogP contribution in [0.15, 0.2) is 12.2 Å². The Morgan fingerprint density at radius 2 is 1.75 bits per heavy atom. The summed E-state index contributed by atoms with van der Waals surface area (Å²) in [6.07, 6.45) is 6.36. The van der Waals surface area contributed by atoms with Crippen molar-refractivity contribution in [1.82, 2.24) is 4.90 Å². The number of ether oxygens (including phenoxy) is 1. The van der Waals surface area contributed by atoms with E-state index in [0.29, 0.717) is 0 Å². The van der Waals surface area contributed by atoms with E-state index in [2.05, 4.69) is 11.9 Å². The molecule has 3 rings (SSSR count). The summed E-state index contributed by atoms with van der Waals surface area (Å²) in [5.41, 5.74) is 0. The summed E-state index contributed by atoms with van der Waals surface area (Å²) >= 11 is 0. The fraction of sp³-hybridized carbons (Fsp3) is 0.733. The molecule has 1 saturated heterocycles. The maximum absolute atomic E-state index is 12.4. The molecule has 1 N–H and O–H groups in total. The van der Waals surface area contributed by atoms with Gasteiger partial charge in [0.2, 0.25) is 0 Å². The predicted molar refractivity (Wildman–Crippen MR) is 72.0 cm³/mol. The van der Waals surface area contributed by atoms with Gasteiger partial charge in [0.05, 0.1) is 11.8 Å². The average molecular weight is 279 g/mol. The monoisotopic (exact) mass is 279 g/mol. The minimum absolute atomic E-state index is 0.00698. The Kier molecular flexibility index (Phi) is 3.54. The molecule has 0 amide bonds. The Morgan fingerprint density at radius 3 is 2.35 bits per heavy atom. The largest absolute Gasteiger partial charge is 0.481 e. The van der Waals surface area contributed by atoms with Crippen LogP contribution in [0.5, 0.6) is 0 Å². The molecule has 5 nitrogen and oxygen atoms in total. The molecule has 5 heteroatoms. The van der Waals surface area contributed by atoms with Crippen molar-refractivity contribution in [3.05, 3.63) is 12.2 Å². The molecule has 2 fully saturated rings. The molecule has 1 heterocycles. The zero-order valence-corrected chi connectivity index (χ0v) is 11.7. The van der Waals surface area contributed by atoms with Crippen LogP contribution in [0.2, 0.25) is 0 Å². The van der Waals surface area contributed by atoms with E-state index in [1.54, 1.807) is 0 Å². The summed E-state index contributed by atoms with van der Waals surface area (Å²) in [4.78, 5) is 26.0. The number of piperidine rings is 1. The SMILES string of the molecule is CN1CCC(OC(=O)C2C3C=CC(C3)C2C(=O)O)CC1. The van der Waals surface area contributed by atoms with Crippen LogP contribution in [-0.4, -0.2) is 48.2 Å². The molecule has 1 saturated carbocycles. The molecule has 0 aromatic rings. The molecule has 0 radical (unpaired) electrons. The quantitative estimate of drug-likeness (QED) is 0.620. The molecule has 110 valence electrons. The summed E-state index contributed by atoms with van der Waals surface area (Å²) in [5, 5.41) is 9.35. The third kappa shape index (κ3) is 2.35. The molecule has 0 aromatic carbocycles. The third-order valence-corrected chi connectivity index (χ3v) is 4.96. The first-order valence-electron chi connectivity index (χ1n) is 7.36. The van der Waals surface area contributed by atoms with E-state index in [1.165, 1.54) is 0 Å². The first-order valence-corrected chi connectivity index (χ1v) is 7.36. The summed E-state index contributed by atoms with van der Waals surface area (Å²) < 4.78 is 5.59. The zero-order valence-electron chi connectivity index (χ0n) is 11.7. The Hall–Kier alpha value is -1.36. The number of hydrogen-bond donors (Lipinski definition) is 1. The predicted octanol–water partition coefficient (Wildman–Crippen LogP) is 1.15. The van der Waals surface area contributed by atoms with E-state index in [0.717, 1.165) is 32.4 Å². The number of carbonyl (C=O) groups is 2. The number of esters is 1. The minimum Gasteiger partial charge on any atom is -0.481 e. The summed E-state index contributed by atoms with van der Waals surface area (Å²) in [6, 6.07) is 0. The summed E-state index contributed by atoms with van der Waals surface area (Å²) in [7, 11) is 2.05. The molecule has 2 bridgehead atoms. The molecule has 20 heavy (non-hydrogen) atoms. The van der Waals surface area contributed by atoms with E-state index >= 15 is 0 Å². The first kappa shape index (κ1) is 13.6. The molecule has 0 aromatic heterocycles. The van der Waals surface area contributed by atoms with Crippen molar-refractivity contribution in [1.29, 1.82) is 0 Å². The third-order valence-electron chi connectivity index (χ3n) is 4.96. The molecule has 2 aliphatic carbocycles. The van der Waals surface area contributed by atoms with Crippen LogP contribution in [0.1, 0.15) is 19.3 Å².